The summed E-state index contributed by atoms with van der Waals surface area (Å²) in [7, 11) is 0. The van der Waals surface area contributed by atoms with Gasteiger partial charge in [0.25, 0.3) is 5.69 Å². The van der Waals surface area contributed by atoms with Gasteiger partial charge in [0, 0.05) is 6.07 Å². The summed E-state index contributed by atoms with van der Waals surface area (Å²) in [4.78, 5) is 20.7. The fourth-order valence-electron chi connectivity index (χ4n) is 1.28. The summed E-state index contributed by atoms with van der Waals surface area (Å²) < 4.78 is 0. The van der Waals surface area contributed by atoms with Gasteiger partial charge in [-0.2, -0.15) is 0 Å². The molecule has 0 amide bonds. The molecule has 0 saturated carbocycles. The number of nitro benzene ring substituents is 1. The van der Waals surface area contributed by atoms with Gasteiger partial charge in [-0.1, -0.05) is 19.1 Å². The third-order valence-electron chi connectivity index (χ3n) is 1.92. The van der Waals surface area contributed by atoms with Gasteiger partial charge in [-0.25, -0.2) is 4.79 Å². The lowest BCUT2D eigenvalue weighted by atomic mass is 10.0. The number of hydrogen-bond donors (Lipinski definition) is 1. The summed E-state index contributed by atoms with van der Waals surface area (Å²) in [6.07, 6.45) is 0.462. The van der Waals surface area contributed by atoms with Gasteiger partial charge in [-0.3, -0.25) is 10.1 Å². The Balaban J connectivity index is 3.43. The van der Waals surface area contributed by atoms with Crippen LogP contribution in [0, 0.1) is 10.1 Å². The Hall–Kier alpha value is -1.91. The second-order valence-electron chi connectivity index (χ2n) is 2.73. The quantitative estimate of drug-likeness (QED) is 0.589. The molecule has 0 radical (unpaired) electrons. The molecule has 0 fully saturated rings. The number of aromatic carboxylic acids is 1. The van der Waals surface area contributed by atoms with Crippen molar-refractivity contribution < 1.29 is 14.8 Å². The monoisotopic (exact) mass is 195 g/mol. The number of nitrogens with zero attached hydrogens (tertiary/aromatic N) is 1. The van der Waals surface area contributed by atoms with Crippen LogP contribution < -0.4 is 0 Å². The van der Waals surface area contributed by atoms with Crippen LogP contribution in [0.5, 0.6) is 0 Å². The van der Waals surface area contributed by atoms with Gasteiger partial charge in [0.2, 0.25) is 0 Å². The zero-order valence-electron chi connectivity index (χ0n) is 7.56. The van der Waals surface area contributed by atoms with Crippen molar-refractivity contribution in [2.45, 2.75) is 13.3 Å². The van der Waals surface area contributed by atoms with Crippen molar-refractivity contribution in [3.05, 3.63) is 39.4 Å². The lowest BCUT2D eigenvalue weighted by molar-refractivity contribution is -0.385. The Morgan fingerprint density at radius 3 is 2.64 bits per heavy atom. The molecule has 1 aromatic carbocycles. The normalized spacial score (nSPS) is 9.79. The average Bonchev–Trinajstić information content (AvgIpc) is 2.16. The van der Waals surface area contributed by atoms with E-state index in [2.05, 4.69) is 0 Å². The Kier molecular flexibility index (Phi) is 2.81. The van der Waals surface area contributed by atoms with Crippen molar-refractivity contribution in [2.24, 2.45) is 0 Å². The highest BCUT2D eigenvalue weighted by Gasteiger charge is 2.22. The minimum absolute atomic E-state index is 0.208. The number of hydrogen-bond acceptors (Lipinski definition) is 3. The first-order chi connectivity index (χ1) is 6.57. The van der Waals surface area contributed by atoms with Crippen molar-refractivity contribution in [1.29, 1.82) is 0 Å². The third kappa shape index (κ3) is 1.71. The second-order valence-corrected chi connectivity index (χ2v) is 2.73. The van der Waals surface area contributed by atoms with Crippen LogP contribution in [0.15, 0.2) is 18.2 Å². The summed E-state index contributed by atoms with van der Waals surface area (Å²) in [5.41, 5.74) is -0.0800. The predicted molar refractivity (Wildman–Crippen MR) is 49.4 cm³/mol. The van der Waals surface area contributed by atoms with Crippen LogP contribution in [0.4, 0.5) is 5.69 Å². The maximum Gasteiger partial charge on any atom is 0.343 e. The summed E-state index contributed by atoms with van der Waals surface area (Å²) >= 11 is 0. The van der Waals surface area contributed by atoms with Crippen LogP contribution in [-0.4, -0.2) is 16.0 Å². The molecule has 0 spiro atoms. The highest BCUT2D eigenvalue weighted by Crippen LogP contribution is 2.22. The maximum absolute atomic E-state index is 10.8. The van der Waals surface area contributed by atoms with E-state index in [9.17, 15) is 14.9 Å². The number of nitro groups is 1. The highest BCUT2D eigenvalue weighted by atomic mass is 16.6. The third-order valence-corrected chi connectivity index (χ3v) is 1.92. The number of carboxylic acid groups (broad SMARTS) is 1. The number of rotatable bonds is 3. The zero-order chi connectivity index (χ0) is 10.7. The number of carbonyl (C=O) groups is 1. The maximum atomic E-state index is 10.8. The molecule has 1 aromatic rings. The number of aryl methyl sites for hydroxylation is 1. The number of benzene rings is 1. The zero-order valence-corrected chi connectivity index (χ0v) is 7.56. The lowest BCUT2D eigenvalue weighted by Crippen LogP contribution is -2.06. The molecule has 1 rings (SSSR count). The molecule has 1 N–H and O–H groups in total. The summed E-state index contributed by atoms with van der Waals surface area (Å²) in [6, 6.07) is 4.27. The van der Waals surface area contributed by atoms with Crippen LogP contribution in [-0.2, 0) is 6.42 Å². The molecule has 74 valence electrons. The van der Waals surface area contributed by atoms with Crippen LogP contribution in [0.1, 0.15) is 22.8 Å². The summed E-state index contributed by atoms with van der Waals surface area (Å²) in [6.45, 7) is 1.76. The van der Waals surface area contributed by atoms with Gasteiger partial charge in [-0.05, 0) is 12.0 Å². The van der Waals surface area contributed by atoms with Gasteiger partial charge in [0.05, 0.1) is 4.92 Å². The number of carboxylic acids is 1. The van der Waals surface area contributed by atoms with E-state index in [1.165, 1.54) is 12.1 Å². The van der Waals surface area contributed by atoms with Crippen LogP contribution in [0.2, 0.25) is 0 Å². The van der Waals surface area contributed by atoms with Crippen LogP contribution in [0.3, 0.4) is 0 Å². The van der Waals surface area contributed by atoms with E-state index in [0.29, 0.717) is 12.0 Å². The highest BCUT2D eigenvalue weighted by molar-refractivity contribution is 5.94. The molecular weight excluding hydrogens is 186 g/mol. The molecule has 0 saturated heterocycles. The fraction of sp³-hybridized carbons (Fsp3) is 0.222. The lowest BCUT2D eigenvalue weighted by Gasteiger charge is -2.02. The minimum Gasteiger partial charge on any atom is -0.477 e. The molecule has 0 aromatic heterocycles. The Morgan fingerprint density at radius 1 is 1.57 bits per heavy atom. The molecule has 0 aliphatic rings. The van der Waals surface area contributed by atoms with Crippen LogP contribution >= 0.6 is 0 Å². The fourth-order valence-corrected chi connectivity index (χ4v) is 1.28. The Bertz CT molecular complexity index is 386. The topological polar surface area (TPSA) is 80.4 Å². The van der Waals surface area contributed by atoms with Crippen molar-refractivity contribution in [3.63, 3.8) is 0 Å². The van der Waals surface area contributed by atoms with Crippen molar-refractivity contribution >= 4 is 11.7 Å². The molecule has 0 aliphatic carbocycles. The molecule has 0 atom stereocenters. The van der Waals surface area contributed by atoms with E-state index < -0.39 is 10.9 Å². The van der Waals surface area contributed by atoms with Crippen LogP contribution in [0.25, 0.3) is 0 Å². The van der Waals surface area contributed by atoms with Gasteiger partial charge < -0.3 is 5.11 Å². The van der Waals surface area contributed by atoms with E-state index in [4.69, 9.17) is 5.11 Å². The van der Waals surface area contributed by atoms with E-state index in [0.717, 1.165) is 0 Å². The first-order valence-electron chi connectivity index (χ1n) is 4.07. The smallest absolute Gasteiger partial charge is 0.343 e. The van der Waals surface area contributed by atoms with E-state index >= 15 is 0 Å². The SMILES string of the molecule is CCc1cccc([N+](=O)[O-])c1C(=O)O. The van der Waals surface area contributed by atoms with E-state index in [-0.39, 0.29) is 11.3 Å². The molecule has 5 heteroatoms. The minimum atomic E-state index is -1.26. The van der Waals surface area contributed by atoms with E-state index in [1.54, 1.807) is 13.0 Å². The van der Waals surface area contributed by atoms with Gasteiger partial charge in [0.15, 0.2) is 0 Å². The standard InChI is InChI=1S/C9H9NO4/c1-2-6-4-3-5-7(10(13)14)8(6)9(11)12/h3-5H,2H2,1H3,(H,11,12). The van der Waals surface area contributed by atoms with Gasteiger partial charge in [0.1, 0.15) is 5.56 Å². The molecular formula is C9H9NO4. The molecule has 0 aliphatic heterocycles. The van der Waals surface area contributed by atoms with Crippen molar-refractivity contribution in [2.75, 3.05) is 0 Å². The second kappa shape index (κ2) is 3.87. The molecule has 0 unspecified atom stereocenters. The van der Waals surface area contributed by atoms with E-state index in [1.807, 2.05) is 0 Å². The van der Waals surface area contributed by atoms with Crippen molar-refractivity contribution in [1.82, 2.24) is 0 Å². The largest absolute Gasteiger partial charge is 0.477 e. The molecule has 14 heavy (non-hydrogen) atoms. The average molecular weight is 195 g/mol. The summed E-state index contributed by atoms with van der Waals surface area (Å²) in [5, 5.41) is 19.4. The Morgan fingerprint density at radius 2 is 2.21 bits per heavy atom. The first-order valence-corrected chi connectivity index (χ1v) is 4.07. The first kappa shape index (κ1) is 10.2. The van der Waals surface area contributed by atoms with Crippen molar-refractivity contribution in [3.8, 4) is 0 Å². The molecule has 5 nitrogen and oxygen atoms in total. The molecule has 0 heterocycles. The van der Waals surface area contributed by atoms with Gasteiger partial charge in [-0.15, -0.1) is 0 Å². The molecule has 0 bridgehead atoms. The Labute approximate surface area is 80.1 Å². The van der Waals surface area contributed by atoms with Gasteiger partial charge >= 0.3 is 5.97 Å². The predicted octanol–water partition coefficient (Wildman–Crippen LogP) is 1.86. The summed E-state index contributed by atoms with van der Waals surface area (Å²) in [5.74, 6) is -1.26.